The molecule has 1 nitrogen and oxygen atoms in total. The van der Waals surface area contributed by atoms with Crippen LogP contribution in [-0.2, 0) is 4.08 Å². The van der Waals surface area contributed by atoms with Crippen LogP contribution in [0.5, 0.6) is 5.75 Å². The van der Waals surface area contributed by atoms with Crippen molar-refractivity contribution in [2.45, 2.75) is 10.5 Å². The van der Waals surface area contributed by atoms with Gasteiger partial charge >= 0.3 is 0 Å². The van der Waals surface area contributed by atoms with E-state index >= 15 is 0 Å². The summed E-state index contributed by atoms with van der Waals surface area (Å²) in [4.78, 5) is 0. The maximum absolute atomic E-state index is 5.63. The van der Waals surface area contributed by atoms with Gasteiger partial charge in [0.05, 0.1) is 7.11 Å². The smallest absolute Gasteiger partial charge is 0.124 e. The molecule has 2 aromatic rings. The summed E-state index contributed by atoms with van der Waals surface area (Å²) >= 11 is 7.57. The standard InChI is InChI=1S/C17H17BrOS2/c1-19-16-6-3-2-5-15(16)17(20-11-4-12-21-17)13-7-9-14(18)10-8-13/h2-3,5-10H,4,11-12H2,1H3. The van der Waals surface area contributed by atoms with Crippen molar-refractivity contribution in [2.75, 3.05) is 18.6 Å². The molecule has 1 aliphatic heterocycles. The van der Waals surface area contributed by atoms with E-state index in [4.69, 9.17) is 4.74 Å². The molecule has 0 bridgehead atoms. The lowest BCUT2D eigenvalue weighted by atomic mass is 10.0. The van der Waals surface area contributed by atoms with E-state index in [2.05, 4.69) is 58.4 Å². The van der Waals surface area contributed by atoms with Crippen molar-refractivity contribution in [3.8, 4) is 5.75 Å². The Morgan fingerprint density at radius 2 is 1.67 bits per heavy atom. The number of rotatable bonds is 3. The minimum Gasteiger partial charge on any atom is -0.496 e. The Bertz CT molecular complexity index is 606. The molecule has 0 atom stereocenters. The van der Waals surface area contributed by atoms with Crippen LogP contribution in [0.4, 0.5) is 0 Å². The van der Waals surface area contributed by atoms with Gasteiger partial charge in [0.2, 0.25) is 0 Å². The zero-order valence-electron chi connectivity index (χ0n) is 11.8. The van der Waals surface area contributed by atoms with Crippen LogP contribution in [0.1, 0.15) is 17.5 Å². The second-order valence-corrected chi connectivity index (χ2v) is 8.67. The van der Waals surface area contributed by atoms with Crippen molar-refractivity contribution in [3.63, 3.8) is 0 Å². The largest absolute Gasteiger partial charge is 0.496 e. The fourth-order valence-electron chi connectivity index (χ4n) is 2.60. The summed E-state index contributed by atoms with van der Waals surface area (Å²) in [6.45, 7) is 0. The van der Waals surface area contributed by atoms with E-state index in [1.165, 1.54) is 29.1 Å². The minimum absolute atomic E-state index is 0.0639. The van der Waals surface area contributed by atoms with Crippen LogP contribution in [0, 0.1) is 0 Å². The van der Waals surface area contributed by atoms with E-state index in [0.29, 0.717) is 0 Å². The predicted molar refractivity (Wildman–Crippen MR) is 97.4 cm³/mol. The molecule has 1 saturated heterocycles. The molecule has 0 spiro atoms. The van der Waals surface area contributed by atoms with Gasteiger partial charge in [0, 0.05) is 10.0 Å². The highest BCUT2D eigenvalue weighted by atomic mass is 79.9. The molecule has 1 aliphatic rings. The fourth-order valence-corrected chi connectivity index (χ4v) is 6.28. The van der Waals surface area contributed by atoms with Crippen molar-refractivity contribution in [2.24, 2.45) is 0 Å². The third-order valence-electron chi connectivity index (χ3n) is 3.59. The topological polar surface area (TPSA) is 9.23 Å². The van der Waals surface area contributed by atoms with Gasteiger partial charge in [0.15, 0.2) is 0 Å². The van der Waals surface area contributed by atoms with E-state index < -0.39 is 0 Å². The Morgan fingerprint density at radius 1 is 1.00 bits per heavy atom. The Hall–Kier alpha value is -0.580. The maximum Gasteiger partial charge on any atom is 0.124 e. The van der Waals surface area contributed by atoms with Crippen LogP contribution in [0.25, 0.3) is 0 Å². The van der Waals surface area contributed by atoms with E-state index in [9.17, 15) is 0 Å². The maximum atomic E-state index is 5.63. The van der Waals surface area contributed by atoms with Gasteiger partial charge in [-0.05, 0) is 41.7 Å². The quantitative estimate of drug-likeness (QED) is 0.692. The summed E-state index contributed by atoms with van der Waals surface area (Å²) in [5.41, 5.74) is 2.61. The molecule has 1 heterocycles. The molecule has 3 rings (SSSR count). The Kier molecular flexibility index (Phi) is 4.87. The van der Waals surface area contributed by atoms with Gasteiger partial charge in [-0.3, -0.25) is 0 Å². The first-order chi connectivity index (χ1) is 10.3. The number of para-hydroxylation sites is 1. The molecule has 4 heteroatoms. The van der Waals surface area contributed by atoms with Crippen LogP contribution in [-0.4, -0.2) is 18.6 Å². The first-order valence-corrected chi connectivity index (χ1v) is 9.70. The van der Waals surface area contributed by atoms with Crippen LogP contribution in [0.2, 0.25) is 0 Å². The van der Waals surface area contributed by atoms with Crippen molar-refractivity contribution in [1.29, 1.82) is 0 Å². The average molecular weight is 381 g/mol. The highest BCUT2D eigenvalue weighted by Crippen LogP contribution is 2.56. The number of ether oxygens (including phenoxy) is 1. The van der Waals surface area contributed by atoms with Gasteiger partial charge < -0.3 is 4.74 Å². The second kappa shape index (κ2) is 6.67. The van der Waals surface area contributed by atoms with E-state index in [1.54, 1.807) is 7.11 Å². The summed E-state index contributed by atoms with van der Waals surface area (Å²) < 4.78 is 6.69. The summed E-state index contributed by atoms with van der Waals surface area (Å²) in [5, 5.41) is 0. The molecule has 0 unspecified atom stereocenters. The lowest BCUT2D eigenvalue weighted by Crippen LogP contribution is -2.25. The van der Waals surface area contributed by atoms with Crippen molar-refractivity contribution in [3.05, 3.63) is 64.1 Å². The zero-order chi connectivity index (χ0) is 14.7. The molecular weight excluding hydrogens is 364 g/mol. The van der Waals surface area contributed by atoms with E-state index in [-0.39, 0.29) is 4.08 Å². The van der Waals surface area contributed by atoms with Gasteiger partial charge in [-0.2, -0.15) is 0 Å². The fraction of sp³-hybridized carbons (Fsp3) is 0.294. The Labute approximate surface area is 143 Å². The summed E-state index contributed by atoms with van der Waals surface area (Å²) in [6.07, 6.45) is 1.27. The number of thioether (sulfide) groups is 2. The lowest BCUT2D eigenvalue weighted by molar-refractivity contribution is 0.409. The monoisotopic (exact) mass is 380 g/mol. The third-order valence-corrected chi connectivity index (χ3v) is 7.53. The number of benzene rings is 2. The molecule has 0 amide bonds. The molecule has 0 radical (unpaired) electrons. The highest BCUT2D eigenvalue weighted by Gasteiger charge is 2.39. The molecule has 0 N–H and O–H groups in total. The van der Waals surface area contributed by atoms with Gasteiger partial charge in [0.1, 0.15) is 9.83 Å². The molecule has 21 heavy (non-hydrogen) atoms. The van der Waals surface area contributed by atoms with Gasteiger partial charge in [-0.1, -0.05) is 46.3 Å². The van der Waals surface area contributed by atoms with E-state index in [0.717, 1.165) is 10.2 Å². The van der Waals surface area contributed by atoms with Gasteiger partial charge in [-0.25, -0.2) is 0 Å². The van der Waals surface area contributed by atoms with Crippen molar-refractivity contribution < 1.29 is 4.74 Å². The van der Waals surface area contributed by atoms with Gasteiger partial charge in [-0.15, -0.1) is 23.5 Å². The first-order valence-electron chi connectivity index (χ1n) is 6.94. The normalized spacial score (nSPS) is 17.4. The molecular formula is C17H17BrOS2. The Morgan fingerprint density at radius 3 is 2.33 bits per heavy atom. The molecule has 1 fully saturated rings. The predicted octanol–water partition coefficient (Wildman–Crippen LogP) is 5.53. The molecule has 0 aliphatic carbocycles. The van der Waals surface area contributed by atoms with Crippen LogP contribution >= 0.6 is 39.5 Å². The summed E-state index contributed by atoms with van der Waals surface area (Å²) in [6, 6.07) is 17.1. The Balaban J connectivity index is 2.14. The second-order valence-electron chi connectivity index (χ2n) is 4.87. The lowest BCUT2D eigenvalue weighted by Gasteiger charge is -2.37. The number of hydrogen-bond acceptors (Lipinski definition) is 3. The average Bonchev–Trinajstić information content (AvgIpc) is 2.56. The number of halogens is 1. The van der Waals surface area contributed by atoms with Crippen LogP contribution < -0.4 is 4.74 Å². The van der Waals surface area contributed by atoms with Gasteiger partial charge in [0.25, 0.3) is 0 Å². The molecule has 0 saturated carbocycles. The molecule has 110 valence electrons. The SMILES string of the molecule is COc1ccccc1C1(c2ccc(Br)cc2)SCCCS1. The first kappa shape index (κ1) is 15.3. The van der Waals surface area contributed by atoms with Crippen molar-refractivity contribution in [1.82, 2.24) is 0 Å². The zero-order valence-corrected chi connectivity index (χ0v) is 15.1. The summed E-state index contributed by atoms with van der Waals surface area (Å²) in [5.74, 6) is 3.34. The highest BCUT2D eigenvalue weighted by molar-refractivity contribution is 9.10. The molecule has 2 aromatic carbocycles. The number of hydrogen-bond donors (Lipinski definition) is 0. The third kappa shape index (κ3) is 2.99. The molecule has 0 aromatic heterocycles. The van der Waals surface area contributed by atoms with Crippen LogP contribution in [0.15, 0.2) is 53.0 Å². The van der Waals surface area contributed by atoms with Crippen LogP contribution in [0.3, 0.4) is 0 Å². The minimum atomic E-state index is -0.0639. The summed E-state index contributed by atoms with van der Waals surface area (Å²) in [7, 11) is 1.76. The van der Waals surface area contributed by atoms with Crippen molar-refractivity contribution >= 4 is 39.5 Å². The van der Waals surface area contributed by atoms with E-state index in [1.807, 2.05) is 29.6 Å². The number of methoxy groups -OCH3 is 1.